The summed E-state index contributed by atoms with van der Waals surface area (Å²) < 4.78 is 68.0. The van der Waals surface area contributed by atoms with E-state index in [1.165, 1.54) is 12.1 Å². The molecule has 0 bridgehead atoms. The van der Waals surface area contributed by atoms with Gasteiger partial charge < -0.3 is 9.84 Å². The van der Waals surface area contributed by atoms with E-state index in [2.05, 4.69) is 9.46 Å². The second kappa shape index (κ2) is 7.20. The van der Waals surface area contributed by atoms with Crippen molar-refractivity contribution in [2.45, 2.75) is 17.3 Å². The maximum atomic E-state index is 12.4. The van der Waals surface area contributed by atoms with Crippen LogP contribution in [0.25, 0.3) is 0 Å². The Morgan fingerprint density at radius 2 is 1.62 bits per heavy atom. The molecular formula is C15H14F3NO4S. The van der Waals surface area contributed by atoms with Crippen molar-refractivity contribution in [2.24, 2.45) is 0 Å². The lowest BCUT2D eigenvalue weighted by molar-refractivity contribution is -0.275. The first kappa shape index (κ1) is 18.2. The zero-order valence-electron chi connectivity index (χ0n) is 12.2. The molecule has 0 aliphatic rings. The molecule has 1 unspecified atom stereocenters. The molecule has 0 aliphatic carbocycles. The number of hydrogen-bond acceptors (Lipinski definition) is 4. The largest absolute Gasteiger partial charge is 0.573 e. The van der Waals surface area contributed by atoms with Crippen LogP contribution in [0, 0.1) is 0 Å². The molecule has 2 rings (SSSR count). The smallest absolute Gasteiger partial charge is 0.404 e. The fourth-order valence-electron chi connectivity index (χ4n) is 2.03. The first-order valence-corrected chi connectivity index (χ1v) is 8.24. The van der Waals surface area contributed by atoms with Crippen molar-refractivity contribution in [3.63, 3.8) is 0 Å². The number of hydrogen-bond donors (Lipinski definition) is 2. The average Bonchev–Trinajstić information content (AvgIpc) is 2.52. The van der Waals surface area contributed by atoms with E-state index in [9.17, 15) is 26.7 Å². The van der Waals surface area contributed by atoms with Crippen LogP contribution in [0.1, 0.15) is 11.6 Å². The molecule has 24 heavy (non-hydrogen) atoms. The van der Waals surface area contributed by atoms with Crippen molar-refractivity contribution < 1.29 is 31.4 Å². The quantitative estimate of drug-likeness (QED) is 0.829. The molecule has 2 aromatic carbocycles. The van der Waals surface area contributed by atoms with E-state index < -0.39 is 39.7 Å². The minimum atomic E-state index is -5.03. The van der Waals surface area contributed by atoms with Crippen molar-refractivity contribution in [2.75, 3.05) is 6.61 Å². The second-order valence-corrected chi connectivity index (χ2v) is 6.44. The molecule has 0 radical (unpaired) electrons. The summed E-state index contributed by atoms with van der Waals surface area (Å²) in [6.07, 6.45) is -5.03. The number of para-hydroxylation sites is 1. The van der Waals surface area contributed by atoms with Crippen molar-refractivity contribution in [1.29, 1.82) is 0 Å². The normalized spacial score (nSPS) is 13.5. The molecule has 2 aromatic rings. The highest BCUT2D eigenvalue weighted by Gasteiger charge is 2.34. The lowest BCUT2D eigenvalue weighted by Gasteiger charge is -2.19. The van der Waals surface area contributed by atoms with Gasteiger partial charge in [0.2, 0.25) is 10.0 Å². The number of sulfonamides is 1. The number of aliphatic hydroxyl groups excluding tert-OH is 1. The van der Waals surface area contributed by atoms with Crippen molar-refractivity contribution in [3.8, 4) is 5.75 Å². The predicted octanol–water partition coefficient (Wildman–Crippen LogP) is 2.60. The lowest BCUT2D eigenvalue weighted by atomic mass is 10.1. The third-order valence-corrected chi connectivity index (χ3v) is 4.56. The van der Waals surface area contributed by atoms with Gasteiger partial charge in [0.25, 0.3) is 0 Å². The van der Waals surface area contributed by atoms with Gasteiger partial charge in [-0.1, -0.05) is 42.5 Å². The summed E-state index contributed by atoms with van der Waals surface area (Å²) in [4.78, 5) is -0.670. The summed E-state index contributed by atoms with van der Waals surface area (Å²) in [6, 6.07) is 11.5. The molecule has 2 N–H and O–H groups in total. The molecule has 1 atom stereocenters. The minimum absolute atomic E-state index is 0.470. The Morgan fingerprint density at radius 1 is 1.04 bits per heavy atom. The Bertz CT molecular complexity index is 779. The third kappa shape index (κ3) is 4.70. The van der Waals surface area contributed by atoms with E-state index in [-0.39, 0.29) is 0 Å². The van der Waals surface area contributed by atoms with Crippen LogP contribution in [-0.2, 0) is 10.0 Å². The van der Waals surface area contributed by atoms with Gasteiger partial charge in [-0.15, -0.1) is 13.2 Å². The van der Waals surface area contributed by atoms with Crippen LogP contribution < -0.4 is 9.46 Å². The van der Waals surface area contributed by atoms with Crippen LogP contribution >= 0.6 is 0 Å². The zero-order valence-corrected chi connectivity index (χ0v) is 13.0. The van der Waals surface area contributed by atoms with Crippen LogP contribution in [0.3, 0.4) is 0 Å². The first-order valence-electron chi connectivity index (χ1n) is 6.76. The highest BCUT2D eigenvalue weighted by Crippen LogP contribution is 2.30. The molecule has 0 aromatic heterocycles. The molecule has 0 heterocycles. The van der Waals surface area contributed by atoms with Gasteiger partial charge in [-0.3, -0.25) is 0 Å². The maximum Gasteiger partial charge on any atom is 0.573 e. The van der Waals surface area contributed by atoms with E-state index in [1.54, 1.807) is 30.3 Å². The SMILES string of the molecule is O=S(=O)(NC(CO)c1ccccc1)c1ccccc1OC(F)(F)F. The van der Waals surface area contributed by atoms with Crippen LogP contribution in [0.15, 0.2) is 59.5 Å². The van der Waals surface area contributed by atoms with Gasteiger partial charge in [0.1, 0.15) is 10.6 Å². The fraction of sp³-hybridized carbons (Fsp3) is 0.200. The van der Waals surface area contributed by atoms with Gasteiger partial charge in [0.15, 0.2) is 0 Å². The lowest BCUT2D eigenvalue weighted by Crippen LogP contribution is -2.31. The number of ether oxygens (including phenoxy) is 1. The molecule has 9 heteroatoms. The molecule has 0 saturated carbocycles. The summed E-state index contributed by atoms with van der Waals surface area (Å²) >= 11 is 0. The summed E-state index contributed by atoms with van der Waals surface area (Å²) in [6.45, 7) is -0.564. The standard InChI is InChI=1S/C15H14F3NO4S/c16-15(17,18)23-13-8-4-5-9-14(13)24(21,22)19-12(10-20)11-6-2-1-3-7-11/h1-9,12,19-20H,10H2. The second-order valence-electron chi connectivity index (χ2n) is 4.76. The molecule has 0 saturated heterocycles. The van der Waals surface area contributed by atoms with Crippen LogP contribution in [0.5, 0.6) is 5.75 Å². The summed E-state index contributed by atoms with van der Waals surface area (Å²) in [7, 11) is -4.36. The van der Waals surface area contributed by atoms with Crippen molar-refractivity contribution in [3.05, 3.63) is 60.2 Å². The van der Waals surface area contributed by atoms with Crippen LogP contribution in [0.4, 0.5) is 13.2 Å². The number of benzene rings is 2. The Kier molecular flexibility index (Phi) is 5.47. The van der Waals surface area contributed by atoms with Gasteiger partial charge in [-0.05, 0) is 17.7 Å². The third-order valence-electron chi connectivity index (χ3n) is 3.05. The topological polar surface area (TPSA) is 75.6 Å². The minimum Gasteiger partial charge on any atom is -0.404 e. The van der Waals surface area contributed by atoms with Crippen LogP contribution in [-0.4, -0.2) is 26.5 Å². The number of halogens is 3. The molecule has 0 aliphatic heterocycles. The van der Waals surface area contributed by atoms with E-state index in [1.807, 2.05) is 0 Å². The maximum absolute atomic E-state index is 12.4. The fourth-order valence-corrected chi connectivity index (χ4v) is 3.37. The molecule has 0 fully saturated rings. The van der Waals surface area contributed by atoms with Gasteiger partial charge in [0, 0.05) is 0 Å². The Hall–Kier alpha value is -2.10. The van der Waals surface area contributed by atoms with Crippen molar-refractivity contribution >= 4 is 10.0 Å². The van der Waals surface area contributed by atoms with E-state index in [0.29, 0.717) is 5.56 Å². The molecule has 0 amide bonds. The van der Waals surface area contributed by atoms with Gasteiger partial charge in [-0.25, -0.2) is 13.1 Å². The van der Waals surface area contributed by atoms with E-state index in [0.717, 1.165) is 12.1 Å². The highest BCUT2D eigenvalue weighted by atomic mass is 32.2. The summed E-state index contributed by atoms with van der Waals surface area (Å²) in [5.41, 5.74) is 0.470. The summed E-state index contributed by atoms with van der Waals surface area (Å²) in [5.74, 6) is -0.845. The van der Waals surface area contributed by atoms with Gasteiger partial charge in [-0.2, -0.15) is 0 Å². The number of nitrogens with one attached hydrogen (secondary N) is 1. The number of rotatable bonds is 6. The highest BCUT2D eigenvalue weighted by molar-refractivity contribution is 7.89. The first-order chi connectivity index (χ1) is 11.2. The molecule has 130 valence electrons. The molecular weight excluding hydrogens is 347 g/mol. The monoisotopic (exact) mass is 361 g/mol. The Balaban J connectivity index is 2.34. The number of aliphatic hydroxyl groups is 1. The molecule has 0 spiro atoms. The predicted molar refractivity (Wildman–Crippen MR) is 79.7 cm³/mol. The van der Waals surface area contributed by atoms with Gasteiger partial charge in [0.05, 0.1) is 12.6 Å². The zero-order chi connectivity index (χ0) is 17.8. The van der Waals surface area contributed by atoms with Crippen molar-refractivity contribution in [1.82, 2.24) is 4.72 Å². The number of alkyl halides is 3. The van der Waals surface area contributed by atoms with E-state index >= 15 is 0 Å². The Morgan fingerprint density at radius 3 is 2.21 bits per heavy atom. The van der Waals surface area contributed by atoms with Crippen LogP contribution in [0.2, 0.25) is 0 Å². The Labute approximate surface area is 136 Å². The van der Waals surface area contributed by atoms with Gasteiger partial charge >= 0.3 is 6.36 Å². The van der Waals surface area contributed by atoms with E-state index in [4.69, 9.17) is 0 Å². The average molecular weight is 361 g/mol. The summed E-state index contributed by atoms with van der Waals surface area (Å²) in [5, 5.41) is 9.41. The molecule has 5 nitrogen and oxygen atoms in total.